The predicted molar refractivity (Wildman–Crippen MR) is 61.6 cm³/mol. The largest absolute Gasteiger partial charge is 0.389 e. The van der Waals surface area contributed by atoms with Crippen molar-refractivity contribution >= 4 is 0 Å². The zero-order chi connectivity index (χ0) is 11.8. The molecule has 2 rings (SSSR count). The van der Waals surface area contributed by atoms with Gasteiger partial charge in [-0.3, -0.25) is 0 Å². The molecule has 2 atom stereocenters. The lowest BCUT2D eigenvalue weighted by Gasteiger charge is -2.26. The number of aliphatic hydroxyl groups is 1. The molecule has 2 nitrogen and oxygen atoms in total. The lowest BCUT2D eigenvalue weighted by Crippen LogP contribution is -2.43. The molecule has 0 amide bonds. The minimum absolute atomic E-state index is 0.0840. The summed E-state index contributed by atoms with van der Waals surface area (Å²) in [5.74, 6) is -0.203. The van der Waals surface area contributed by atoms with Gasteiger partial charge >= 0.3 is 0 Å². The van der Waals surface area contributed by atoms with Crippen molar-refractivity contribution in [2.45, 2.75) is 44.4 Å². The summed E-state index contributed by atoms with van der Waals surface area (Å²) in [4.78, 5) is 0. The Morgan fingerprint density at radius 2 is 2.12 bits per heavy atom. The fourth-order valence-corrected chi connectivity index (χ4v) is 2.29. The Kier molecular flexibility index (Phi) is 3.00. The minimum atomic E-state index is -0.720. The topological polar surface area (TPSA) is 32.3 Å². The first-order chi connectivity index (χ1) is 7.47. The second kappa shape index (κ2) is 4.15. The van der Waals surface area contributed by atoms with Crippen molar-refractivity contribution in [1.29, 1.82) is 0 Å². The first kappa shape index (κ1) is 11.6. The highest BCUT2D eigenvalue weighted by molar-refractivity contribution is 5.21. The summed E-state index contributed by atoms with van der Waals surface area (Å²) in [6.07, 6.45) is 1.86. The van der Waals surface area contributed by atoms with Crippen molar-refractivity contribution in [3.05, 3.63) is 35.6 Å². The second-order valence-corrected chi connectivity index (χ2v) is 5.06. The van der Waals surface area contributed by atoms with Crippen molar-refractivity contribution in [2.24, 2.45) is 0 Å². The Balaban J connectivity index is 2.09. The van der Waals surface area contributed by atoms with Gasteiger partial charge in [-0.1, -0.05) is 12.1 Å². The highest BCUT2D eigenvalue weighted by Crippen LogP contribution is 2.31. The van der Waals surface area contributed by atoms with Gasteiger partial charge in [-0.15, -0.1) is 0 Å². The van der Waals surface area contributed by atoms with Crippen LogP contribution in [0.25, 0.3) is 0 Å². The van der Waals surface area contributed by atoms with E-state index in [1.165, 1.54) is 6.07 Å². The summed E-state index contributed by atoms with van der Waals surface area (Å²) in [5, 5.41) is 13.3. The van der Waals surface area contributed by atoms with Crippen molar-refractivity contribution < 1.29 is 9.50 Å². The summed E-state index contributed by atoms with van der Waals surface area (Å²) in [6.45, 7) is 3.61. The summed E-state index contributed by atoms with van der Waals surface area (Å²) in [5.41, 5.74) is 0.244. The molecule has 0 aliphatic carbocycles. The Labute approximate surface area is 95.5 Å². The molecule has 1 unspecified atom stereocenters. The molecule has 3 heteroatoms. The third-order valence-electron chi connectivity index (χ3n) is 3.25. The van der Waals surface area contributed by atoms with Crippen LogP contribution >= 0.6 is 0 Å². The van der Waals surface area contributed by atoms with Crippen molar-refractivity contribution in [2.75, 3.05) is 0 Å². The van der Waals surface area contributed by atoms with E-state index in [4.69, 9.17) is 0 Å². The SMILES string of the molecule is CC(C)(O)C1CC[C@@H](c2cccc(F)c2)N1. The van der Waals surface area contributed by atoms with Gasteiger partial charge in [0.2, 0.25) is 0 Å². The van der Waals surface area contributed by atoms with Gasteiger partial charge in [-0.25, -0.2) is 4.39 Å². The summed E-state index contributed by atoms with van der Waals surface area (Å²) < 4.78 is 13.1. The molecule has 1 aromatic rings. The van der Waals surface area contributed by atoms with Crippen LogP contribution in [0.15, 0.2) is 24.3 Å². The zero-order valence-corrected chi connectivity index (χ0v) is 9.70. The lowest BCUT2D eigenvalue weighted by molar-refractivity contribution is 0.0432. The molecule has 0 spiro atoms. The van der Waals surface area contributed by atoms with E-state index in [1.54, 1.807) is 26.0 Å². The van der Waals surface area contributed by atoms with Gasteiger partial charge in [0.05, 0.1) is 5.60 Å². The van der Waals surface area contributed by atoms with Crippen LogP contribution in [-0.2, 0) is 0 Å². The van der Waals surface area contributed by atoms with Crippen LogP contribution in [-0.4, -0.2) is 16.7 Å². The normalized spacial score (nSPS) is 26.0. The molecule has 1 aliphatic rings. The molecular formula is C13H18FNO. The predicted octanol–water partition coefficient (Wildman–Crippen LogP) is 2.39. The fourth-order valence-electron chi connectivity index (χ4n) is 2.29. The van der Waals surface area contributed by atoms with Gasteiger partial charge in [-0.2, -0.15) is 0 Å². The average molecular weight is 223 g/mol. The van der Waals surface area contributed by atoms with Crippen LogP contribution in [0.2, 0.25) is 0 Å². The zero-order valence-electron chi connectivity index (χ0n) is 9.70. The number of hydrogen-bond donors (Lipinski definition) is 2. The van der Waals surface area contributed by atoms with Gasteiger partial charge in [0.15, 0.2) is 0 Å². The number of nitrogens with one attached hydrogen (secondary N) is 1. The third-order valence-corrected chi connectivity index (χ3v) is 3.25. The van der Waals surface area contributed by atoms with E-state index < -0.39 is 5.60 Å². The highest BCUT2D eigenvalue weighted by atomic mass is 19.1. The van der Waals surface area contributed by atoms with Gasteiger partial charge in [0, 0.05) is 12.1 Å². The molecule has 1 aromatic carbocycles. The van der Waals surface area contributed by atoms with E-state index in [9.17, 15) is 9.50 Å². The van der Waals surface area contributed by atoms with E-state index in [-0.39, 0.29) is 17.9 Å². The Morgan fingerprint density at radius 3 is 2.69 bits per heavy atom. The number of benzene rings is 1. The average Bonchev–Trinajstić information content (AvgIpc) is 2.65. The smallest absolute Gasteiger partial charge is 0.123 e. The third kappa shape index (κ3) is 2.42. The number of rotatable bonds is 2. The van der Waals surface area contributed by atoms with Crippen LogP contribution in [0.4, 0.5) is 4.39 Å². The molecule has 0 radical (unpaired) electrons. The molecular weight excluding hydrogens is 205 g/mol. The molecule has 1 fully saturated rings. The van der Waals surface area contributed by atoms with E-state index in [0.717, 1.165) is 18.4 Å². The summed E-state index contributed by atoms with van der Waals surface area (Å²) in [7, 11) is 0. The Hall–Kier alpha value is -0.930. The monoisotopic (exact) mass is 223 g/mol. The molecule has 88 valence electrons. The molecule has 1 aliphatic heterocycles. The Morgan fingerprint density at radius 1 is 1.38 bits per heavy atom. The number of hydrogen-bond acceptors (Lipinski definition) is 2. The maximum atomic E-state index is 13.1. The van der Waals surface area contributed by atoms with Crippen molar-refractivity contribution in [3.63, 3.8) is 0 Å². The van der Waals surface area contributed by atoms with E-state index >= 15 is 0 Å². The van der Waals surface area contributed by atoms with Crippen LogP contribution in [0.5, 0.6) is 0 Å². The maximum Gasteiger partial charge on any atom is 0.123 e. The summed E-state index contributed by atoms with van der Waals surface area (Å²) >= 11 is 0. The molecule has 0 saturated carbocycles. The molecule has 16 heavy (non-hydrogen) atoms. The fraction of sp³-hybridized carbons (Fsp3) is 0.538. The summed E-state index contributed by atoms with van der Waals surface area (Å²) in [6, 6.07) is 6.90. The van der Waals surface area contributed by atoms with Crippen LogP contribution in [0, 0.1) is 5.82 Å². The van der Waals surface area contributed by atoms with E-state index in [0.29, 0.717) is 0 Å². The van der Waals surface area contributed by atoms with Crippen molar-refractivity contribution in [1.82, 2.24) is 5.32 Å². The molecule has 2 N–H and O–H groups in total. The number of halogens is 1. The molecule has 1 saturated heterocycles. The quantitative estimate of drug-likeness (QED) is 0.807. The first-order valence-electron chi connectivity index (χ1n) is 5.71. The van der Waals surface area contributed by atoms with Crippen LogP contribution in [0.1, 0.15) is 38.3 Å². The van der Waals surface area contributed by atoms with Gasteiger partial charge in [0.25, 0.3) is 0 Å². The molecule has 0 bridgehead atoms. The first-order valence-corrected chi connectivity index (χ1v) is 5.71. The van der Waals surface area contributed by atoms with Gasteiger partial charge in [0.1, 0.15) is 5.82 Å². The highest BCUT2D eigenvalue weighted by Gasteiger charge is 2.34. The standard InChI is InChI=1S/C13H18FNO/c1-13(2,16)12-7-6-11(15-12)9-4-3-5-10(14)8-9/h3-5,8,11-12,15-16H,6-7H2,1-2H3/t11-,12?/m0/s1. The molecule has 0 aromatic heterocycles. The maximum absolute atomic E-state index is 13.1. The lowest BCUT2D eigenvalue weighted by atomic mass is 9.98. The van der Waals surface area contributed by atoms with E-state index in [2.05, 4.69) is 5.32 Å². The second-order valence-electron chi connectivity index (χ2n) is 5.06. The Bertz CT molecular complexity index is 372. The minimum Gasteiger partial charge on any atom is -0.389 e. The van der Waals surface area contributed by atoms with Crippen molar-refractivity contribution in [3.8, 4) is 0 Å². The van der Waals surface area contributed by atoms with Crippen LogP contribution in [0.3, 0.4) is 0 Å². The van der Waals surface area contributed by atoms with Gasteiger partial charge in [-0.05, 0) is 44.4 Å². The van der Waals surface area contributed by atoms with Crippen LogP contribution < -0.4 is 5.32 Å². The van der Waals surface area contributed by atoms with E-state index in [1.807, 2.05) is 6.07 Å². The molecule has 1 heterocycles. The van der Waals surface area contributed by atoms with Gasteiger partial charge < -0.3 is 10.4 Å².